The molecule has 64 valence electrons. The van der Waals surface area contributed by atoms with E-state index in [0.717, 1.165) is 12.0 Å². The van der Waals surface area contributed by atoms with E-state index in [2.05, 4.69) is 0 Å². The van der Waals surface area contributed by atoms with Gasteiger partial charge in [-0.2, -0.15) is 0 Å². The van der Waals surface area contributed by atoms with Crippen molar-refractivity contribution >= 4 is 5.78 Å². The van der Waals surface area contributed by atoms with Crippen LogP contribution < -0.4 is 0 Å². The van der Waals surface area contributed by atoms with E-state index in [1.807, 2.05) is 6.08 Å². The van der Waals surface area contributed by atoms with E-state index >= 15 is 0 Å². The van der Waals surface area contributed by atoms with Crippen molar-refractivity contribution in [2.24, 2.45) is 0 Å². The molecule has 0 aromatic rings. The van der Waals surface area contributed by atoms with Crippen molar-refractivity contribution in [2.45, 2.75) is 38.5 Å². The van der Waals surface area contributed by atoms with Crippen LogP contribution in [0, 0.1) is 0 Å². The number of allylic oxidation sites excluding steroid dienone is 4. The number of ketones is 1. The van der Waals surface area contributed by atoms with Crippen molar-refractivity contribution in [1.29, 1.82) is 0 Å². The summed E-state index contributed by atoms with van der Waals surface area (Å²) in [7, 11) is 0. The molecule has 1 heteroatoms. The highest BCUT2D eigenvalue weighted by atomic mass is 16.1. The molecule has 1 nitrogen and oxygen atoms in total. The molecule has 0 heterocycles. The SMILES string of the molecule is O=C1C=CCC1=C1CCCCC1. The maximum absolute atomic E-state index is 11.3. The summed E-state index contributed by atoms with van der Waals surface area (Å²) in [5.41, 5.74) is 2.55. The first-order valence-corrected chi connectivity index (χ1v) is 4.80. The predicted molar refractivity (Wildman–Crippen MR) is 48.9 cm³/mol. The minimum atomic E-state index is 0.270. The third-order valence-corrected chi connectivity index (χ3v) is 2.77. The van der Waals surface area contributed by atoms with Crippen LogP contribution in [0.2, 0.25) is 0 Å². The Kier molecular flexibility index (Phi) is 2.11. The van der Waals surface area contributed by atoms with E-state index in [1.165, 1.54) is 37.7 Å². The number of carbonyl (C=O) groups is 1. The van der Waals surface area contributed by atoms with Crippen LogP contribution in [0.25, 0.3) is 0 Å². The Hall–Kier alpha value is -0.850. The molecule has 2 aliphatic carbocycles. The van der Waals surface area contributed by atoms with Crippen LogP contribution in [-0.4, -0.2) is 5.78 Å². The lowest BCUT2D eigenvalue weighted by Crippen LogP contribution is -2.02. The average Bonchev–Trinajstić information content (AvgIpc) is 2.53. The van der Waals surface area contributed by atoms with Gasteiger partial charge in [-0.1, -0.05) is 18.1 Å². The highest BCUT2D eigenvalue weighted by Crippen LogP contribution is 2.29. The molecule has 0 atom stereocenters. The van der Waals surface area contributed by atoms with Gasteiger partial charge < -0.3 is 0 Å². The fourth-order valence-electron chi connectivity index (χ4n) is 2.08. The minimum Gasteiger partial charge on any atom is -0.290 e. The number of hydrogen-bond donors (Lipinski definition) is 0. The van der Waals surface area contributed by atoms with Crippen LogP contribution in [0.15, 0.2) is 23.3 Å². The second-order valence-electron chi connectivity index (χ2n) is 3.61. The minimum absolute atomic E-state index is 0.270. The molecule has 0 aliphatic heterocycles. The van der Waals surface area contributed by atoms with Gasteiger partial charge in [-0.15, -0.1) is 0 Å². The summed E-state index contributed by atoms with van der Waals surface area (Å²) in [6, 6.07) is 0. The topological polar surface area (TPSA) is 17.1 Å². The Balaban J connectivity index is 2.18. The zero-order chi connectivity index (χ0) is 8.39. The Morgan fingerprint density at radius 1 is 1.08 bits per heavy atom. The van der Waals surface area contributed by atoms with Crippen molar-refractivity contribution in [2.75, 3.05) is 0 Å². The highest BCUT2D eigenvalue weighted by molar-refractivity contribution is 6.07. The summed E-state index contributed by atoms with van der Waals surface area (Å²) in [6.07, 6.45) is 10.9. The van der Waals surface area contributed by atoms with Crippen molar-refractivity contribution in [3.63, 3.8) is 0 Å². The molecule has 1 saturated carbocycles. The van der Waals surface area contributed by atoms with Crippen LogP contribution in [0.3, 0.4) is 0 Å². The standard InChI is InChI=1S/C11H14O/c12-11-8-4-7-10(11)9-5-2-1-3-6-9/h4,8H,1-3,5-7H2. The lowest BCUT2D eigenvalue weighted by molar-refractivity contribution is -0.111. The van der Waals surface area contributed by atoms with Crippen LogP contribution >= 0.6 is 0 Å². The monoisotopic (exact) mass is 162 g/mol. The summed E-state index contributed by atoms with van der Waals surface area (Å²) < 4.78 is 0. The van der Waals surface area contributed by atoms with Gasteiger partial charge in [0, 0.05) is 5.57 Å². The lowest BCUT2D eigenvalue weighted by Gasteiger charge is -2.15. The van der Waals surface area contributed by atoms with E-state index in [0.29, 0.717) is 0 Å². The van der Waals surface area contributed by atoms with Gasteiger partial charge in [0.15, 0.2) is 5.78 Å². The van der Waals surface area contributed by atoms with E-state index in [1.54, 1.807) is 6.08 Å². The van der Waals surface area contributed by atoms with Crippen LogP contribution in [0.4, 0.5) is 0 Å². The predicted octanol–water partition coefficient (Wildman–Crippen LogP) is 2.78. The van der Waals surface area contributed by atoms with Crippen molar-refractivity contribution in [1.82, 2.24) is 0 Å². The average molecular weight is 162 g/mol. The molecule has 1 fully saturated rings. The van der Waals surface area contributed by atoms with Gasteiger partial charge in [-0.3, -0.25) is 4.79 Å². The Labute approximate surface area is 73.2 Å². The maximum atomic E-state index is 11.3. The zero-order valence-electron chi connectivity index (χ0n) is 7.31. The van der Waals surface area contributed by atoms with Crippen molar-refractivity contribution < 1.29 is 4.79 Å². The van der Waals surface area contributed by atoms with Crippen molar-refractivity contribution in [3.05, 3.63) is 23.3 Å². The van der Waals surface area contributed by atoms with Crippen LogP contribution in [0.1, 0.15) is 38.5 Å². The smallest absolute Gasteiger partial charge is 0.181 e. The fourth-order valence-corrected chi connectivity index (χ4v) is 2.08. The fraction of sp³-hybridized carbons (Fsp3) is 0.545. The molecule has 0 aromatic carbocycles. The molecule has 12 heavy (non-hydrogen) atoms. The third-order valence-electron chi connectivity index (χ3n) is 2.77. The molecule has 0 radical (unpaired) electrons. The number of carbonyl (C=O) groups excluding carboxylic acids is 1. The summed E-state index contributed by atoms with van der Waals surface area (Å²) in [6.45, 7) is 0. The van der Waals surface area contributed by atoms with Crippen LogP contribution in [0.5, 0.6) is 0 Å². The van der Waals surface area contributed by atoms with Gasteiger partial charge in [-0.25, -0.2) is 0 Å². The quantitative estimate of drug-likeness (QED) is 0.500. The molecule has 2 aliphatic rings. The Morgan fingerprint density at radius 2 is 1.83 bits per heavy atom. The van der Waals surface area contributed by atoms with Crippen molar-refractivity contribution in [3.8, 4) is 0 Å². The molecule has 0 amide bonds. The summed E-state index contributed by atoms with van der Waals surface area (Å²) in [4.78, 5) is 11.3. The number of rotatable bonds is 0. The second-order valence-corrected chi connectivity index (χ2v) is 3.61. The van der Waals surface area contributed by atoms with E-state index in [9.17, 15) is 4.79 Å². The second kappa shape index (κ2) is 3.26. The van der Waals surface area contributed by atoms with E-state index in [4.69, 9.17) is 0 Å². The Bertz CT molecular complexity index is 250. The molecule has 0 bridgehead atoms. The summed E-state index contributed by atoms with van der Waals surface area (Å²) in [5.74, 6) is 0.270. The molecular formula is C11H14O. The van der Waals surface area contributed by atoms with Gasteiger partial charge in [0.25, 0.3) is 0 Å². The first-order valence-electron chi connectivity index (χ1n) is 4.80. The largest absolute Gasteiger partial charge is 0.290 e. The van der Waals surface area contributed by atoms with Gasteiger partial charge in [-0.05, 0) is 38.2 Å². The van der Waals surface area contributed by atoms with Crippen LogP contribution in [-0.2, 0) is 4.79 Å². The molecular weight excluding hydrogens is 148 g/mol. The van der Waals surface area contributed by atoms with Gasteiger partial charge in [0.05, 0.1) is 0 Å². The lowest BCUT2D eigenvalue weighted by atomic mass is 9.90. The molecule has 2 rings (SSSR count). The van der Waals surface area contributed by atoms with Gasteiger partial charge in [0.2, 0.25) is 0 Å². The molecule has 0 N–H and O–H groups in total. The highest BCUT2D eigenvalue weighted by Gasteiger charge is 2.17. The van der Waals surface area contributed by atoms with E-state index in [-0.39, 0.29) is 5.78 Å². The van der Waals surface area contributed by atoms with Gasteiger partial charge >= 0.3 is 0 Å². The van der Waals surface area contributed by atoms with E-state index < -0.39 is 0 Å². The molecule has 0 saturated heterocycles. The maximum Gasteiger partial charge on any atom is 0.181 e. The molecule has 0 spiro atoms. The normalized spacial score (nSPS) is 23.8. The third kappa shape index (κ3) is 1.36. The molecule has 0 unspecified atom stereocenters. The first kappa shape index (κ1) is 7.78. The van der Waals surface area contributed by atoms with Gasteiger partial charge in [0.1, 0.15) is 0 Å². The summed E-state index contributed by atoms with van der Waals surface area (Å²) in [5, 5.41) is 0. The number of hydrogen-bond acceptors (Lipinski definition) is 1. The zero-order valence-corrected chi connectivity index (χ0v) is 7.31. The summed E-state index contributed by atoms with van der Waals surface area (Å²) >= 11 is 0. The Morgan fingerprint density at radius 3 is 2.42 bits per heavy atom. The first-order chi connectivity index (χ1) is 5.88. The molecule has 0 aromatic heterocycles.